The molecule has 0 aliphatic rings. The average molecular weight is 228 g/mol. The molecule has 0 saturated heterocycles. The number of para-hydroxylation sites is 1. The Kier molecular flexibility index (Phi) is 3.99. The molecule has 0 atom stereocenters. The molecule has 0 aliphatic carbocycles. The molecule has 0 unspecified atom stereocenters. The zero-order valence-electron chi connectivity index (χ0n) is 10.4. The van der Waals surface area contributed by atoms with Gasteiger partial charge in [0, 0.05) is 30.2 Å². The minimum Gasteiger partial charge on any atom is -0.343 e. The van der Waals surface area contributed by atoms with E-state index in [1.165, 1.54) is 22.9 Å². The van der Waals surface area contributed by atoms with Gasteiger partial charge >= 0.3 is 0 Å². The van der Waals surface area contributed by atoms with Crippen LogP contribution in [0.25, 0.3) is 10.9 Å². The number of hydrogen-bond donors (Lipinski definition) is 1. The van der Waals surface area contributed by atoms with Crippen LogP contribution in [0.1, 0.15) is 18.9 Å². The maximum atomic E-state index is 3.81. The SMILES string of the molecule is C=CCn1cc(CNCCC)c2ccccc21. The summed E-state index contributed by atoms with van der Waals surface area (Å²) in [4.78, 5) is 0. The molecule has 0 aliphatic heterocycles. The second-order valence-electron chi connectivity index (χ2n) is 4.29. The van der Waals surface area contributed by atoms with Crippen LogP contribution in [0, 0.1) is 0 Å². The topological polar surface area (TPSA) is 17.0 Å². The zero-order chi connectivity index (χ0) is 12.1. The molecule has 2 rings (SSSR count). The minimum absolute atomic E-state index is 0.869. The third-order valence-electron chi connectivity index (χ3n) is 2.94. The van der Waals surface area contributed by atoms with Crippen molar-refractivity contribution in [1.82, 2.24) is 9.88 Å². The van der Waals surface area contributed by atoms with Gasteiger partial charge < -0.3 is 9.88 Å². The van der Waals surface area contributed by atoms with Crippen LogP contribution < -0.4 is 5.32 Å². The van der Waals surface area contributed by atoms with Crippen molar-refractivity contribution in [3.63, 3.8) is 0 Å². The van der Waals surface area contributed by atoms with E-state index in [1.54, 1.807) is 0 Å². The van der Waals surface area contributed by atoms with Crippen molar-refractivity contribution in [2.45, 2.75) is 26.4 Å². The highest BCUT2D eigenvalue weighted by Gasteiger charge is 2.06. The number of nitrogens with zero attached hydrogens (tertiary/aromatic N) is 1. The van der Waals surface area contributed by atoms with Gasteiger partial charge in [0.15, 0.2) is 0 Å². The lowest BCUT2D eigenvalue weighted by Crippen LogP contribution is -2.13. The first-order valence-corrected chi connectivity index (χ1v) is 6.25. The number of nitrogens with one attached hydrogen (secondary N) is 1. The molecule has 2 aromatic rings. The molecule has 17 heavy (non-hydrogen) atoms. The lowest BCUT2D eigenvalue weighted by atomic mass is 10.2. The van der Waals surface area contributed by atoms with Crippen LogP contribution in [-0.2, 0) is 13.1 Å². The Bertz CT molecular complexity index is 497. The molecule has 0 radical (unpaired) electrons. The molecule has 1 aromatic carbocycles. The molecule has 0 saturated carbocycles. The predicted molar refractivity (Wildman–Crippen MR) is 74.1 cm³/mol. The van der Waals surface area contributed by atoms with E-state index in [0.717, 1.165) is 19.6 Å². The molecule has 1 aromatic heterocycles. The molecule has 2 heteroatoms. The lowest BCUT2D eigenvalue weighted by Gasteiger charge is -2.00. The summed E-state index contributed by atoms with van der Waals surface area (Å²) in [7, 11) is 0. The summed E-state index contributed by atoms with van der Waals surface area (Å²) in [5.41, 5.74) is 2.66. The minimum atomic E-state index is 0.869. The zero-order valence-corrected chi connectivity index (χ0v) is 10.4. The number of allylic oxidation sites excluding steroid dienone is 1. The van der Waals surface area contributed by atoms with E-state index < -0.39 is 0 Å². The van der Waals surface area contributed by atoms with Crippen molar-refractivity contribution in [1.29, 1.82) is 0 Å². The molecular weight excluding hydrogens is 208 g/mol. The molecule has 1 N–H and O–H groups in total. The van der Waals surface area contributed by atoms with E-state index in [4.69, 9.17) is 0 Å². The van der Waals surface area contributed by atoms with Gasteiger partial charge in [-0.2, -0.15) is 0 Å². The maximum Gasteiger partial charge on any atom is 0.0486 e. The average Bonchev–Trinajstić information content (AvgIpc) is 2.70. The first-order valence-electron chi connectivity index (χ1n) is 6.25. The van der Waals surface area contributed by atoms with E-state index in [-0.39, 0.29) is 0 Å². The van der Waals surface area contributed by atoms with Crippen LogP contribution >= 0.6 is 0 Å². The monoisotopic (exact) mass is 228 g/mol. The number of hydrogen-bond acceptors (Lipinski definition) is 1. The smallest absolute Gasteiger partial charge is 0.0486 e. The highest BCUT2D eigenvalue weighted by molar-refractivity contribution is 5.84. The molecule has 0 bridgehead atoms. The van der Waals surface area contributed by atoms with Crippen LogP contribution in [0.15, 0.2) is 43.1 Å². The van der Waals surface area contributed by atoms with Crippen LogP contribution in [-0.4, -0.2) is 11.1 Å². The largest absolute Gasteiger partial charge is 0.343 e. The van der Waals surface area contributed by atoms with Gasteiger partial charge in [-0.25, -0.2) is 0 Å². The number of fused-ring (bicyclic) bond motifs is 1. The van der Waals surface area contributed by atoms with Gasteiger partial charge in [-0.1, -0.05) is 31.2 Å². The fourth-order valence-corrected chi connectivity index (χ4v) is 2.15. The normalized spacial score (nSPS) is 10.9. The lowest BCUT2D eigenvalue weighted by molar-refractivity contribution is 0.675. The van der Waals surface area contributed by atoms with Gasteiger partial charge in [-0.3, -0.25) is 0 Å². The predicted octanol–water partition coefficient (Wildman–Crippen LogP) is 3.33. The fourth-order valence-electron chi connectivity index (χ4n) is 2.15. The quantitative estimate of drug-likeness (QED) is 0.593. The summed E-state index contributed by atoms with van der Waals surface area (Å²) < 4.78 is 2.26. The van der Waals surface area contributed by atoms with Crippen molar-refractivity contribution in [3.8, 4) is 0 Å². The van der Waals surface area contributed by atoms with Gasteiger partial charge in [0.2, 0.25) is 0 Å². The summed E-state index contributed by atoms with van der Waals surface area (Å²) in [6.45, 7) is 8.88. The highest BCUT2D eigenvalue weighted by atomic mass is 15.0. The number of rotatable bonds is 6. The van der Waals surface area contributed by atoms with E-state index in [1.807, 2.05) is 6.08 Å². The Balaban J connectivity index is 2.31. The van der Waals surface area contributed by atoms with Crippen LogP contribution in [0.3, 0.4) is 0 Å². The van der Waals surface area contributed by atoms with Gasteiger partial charge in [-0.15, -0.1) is 6.58 Å². The maximum absolute atomic E-state index is 3.81. The highest BCUT2D eigenvalue weighted by Crippen LogP contribution is 2.21. The molecule has 0 amide bonds. The number of benzene rings is 1. The molecule has 2 nitrogen and oxygen atoms in total. The first-order chi connectivity index (χ1) is 8.36. The van der Waals surface area contributed by atoms with Crippen LogP contribution in [0.2, 0.25) is 0 Å². The standard InChI is InChI=1S/C15H20N2/c1-3-9-16-11-13-12-17(10-4-2)15-8-6-5-7-14(13)15/h4-8,12,16H,2-3,9-11H2,1H3. The Morgan fingerprint density at radius 1 is 1.35 bits per heavy atom. The summed E-state index contributed by atoms with van der Waals surface area (Å²) >= 11 is 0. The van der Waals surface area contributed by atoms with Gasteiger partial charge in [0.1, 0.15) is 0 Å². The Morgan fingerprint density at radius 3 is 2.94 bits per heavy atom. The van der Waals surface area contributed by atoms with Crippen molar-refractivity contribution in [3.05, 3.63) is 48.7 Å². The van der Waals surface area contributed by atoms with Gasteiger partial charge in [0.25, 0.3) is 0 Å². The van der Waals surface area contributed by atoms with Crippen molar-refractivity contribution < 1.29 is 0 Å². The summed E-state index contributed by atoms with van der Waals surface area (Å²) in [5, 5.41) is 4.81. The van der Waals surface area contributed by atoms with Crippen molar-refractivity contribution in [2.24, 2.45) is 0 Å². The molecule has 1 heterocycles. The number of aromatic nitrogens is 1. The molecular formula is C15H20N2. The van der Waals surface area contributed by atoms with Crippen LogP contribution in [0.5, 0.6) is 0 Å². The van der Waals surface area contributed by atoms with E-state index in [0.29, 0.717) is 0 Å². The first kappa shape index (κ1) is 11.9. The summed E-state index contributed by atoms with van der Waals surface area (Å²) in [5.74, 6) is 0. The molecule has 90 valence electrons. The second-order valence-corrected chi connectivity index (χ2v) is 4.29. The van der Waals surface area contributed by atoms with Crippen LogP contribution in [0.4, 0.5) is 0 Å². The third-order valence-corrected chi connectivity index (χ3v) is 2.94. The van der Waals surface area contributed by atoms with E-state index >= 15 is 0 Å². The van der Waals surface area contributed by atoms with Gasteiger partial charge in [0.05, 0.1) is 0 Å². The second kappa shape index (κ2) is 5.69. The Morgan fingerprint density at radius 2 is 2.18 bits per heavy atom. The molecule has 0 spiro atoms. The van der Waals surface area contributed by atoms with Crippen molar-refractivity contribution >= 4 is 10.9 Å². The fraction of sp³-hybridized carbons (Fsp3) is 0.333. The van der Waals surface area contributed by atoms with E-state index in [9.17, 15) is 0 Å². The Labute approximate surface area is 103 Å². The van der Waals surface area contributed by atoms with Gasteiger partial charge in [-0.05, 0) is 24.6 Å². The molecule has 0 fully saturated rings. The van der Waals surface area contributed by atoms with E-state index in [2.05, 4.69) is 53.8 Å². The summed E-state index contributed by atoms with van der Waals surface area (Å²) in [6, 6.07) is 8.55. The van der Waals surface area contributed by atoms with Crippen molar-refractivity contribution in [2.75, 3.05) is 6.54 Å². The Hall–Kier alpha value is -1.54. The summed E-state index contributed by atoms with van der Waals surface area (Å²) in [6.07, 6.45) is 5.34. The third kappa shape index (κ3) is 2.59.